The monoisotopic (exact) mass is 499 g/mol. The topological polar surface area (TPSA) is 71.2 Å². The Morgan fingerprint density at radius 1 is 0.811 bits per heavy atom. The summed E-state index contributed by atoms with van der Waals surface area (Å²) in [7, 11) is 0. The summed E-state index contributed by atoms with van der Waals surface area (Å²) in [6.07, 6.45) is 4.97. The summed E-state index contributed by atoms with van der Waals surface area (Å²) < 4.78 is 0. The minimum absolute atomic E-state index is 0.0931. The second kappa shape index (κ2) is 10.2. The third kappa shape index (κ3) is 5.66. The molecular formula is C32H41N3O2. The van der Waals surface area contributed by atoms with Crippen LogP contribution in [0, 0.1) is 6.92 Å². The maximum Gasteiger partial charge on any atom is 0.146 e. The van der Waals surface area contributed by atoms with Gasteiger partial charge in [0.25, 0.3) is 0 Å². The number of phenolic OH excluding ortho intramolecular Hbond substituents is 2. The second-order valence-electron chi connectivity index (χ2n) is 12.1. The number of phenols is 2. The smallest absolute Gasteiger partial charge is 0.146 e. The highest BCUT2D eigenvalue weighted by Gasteiger charge is 2.26. The van der Waals surface area contributed by atoms with Crippen LogP contribution in [-0.2, 0) is 17.3 Å². The van der Waals surface area contributed by atoms with Gasteiger partial charge in [0.05, 0.1) is 0 Å². The van der Waals surface area contributed by atoms with Crippen LogP contribution in [0.2, 0.25) is 0 Å². The van der Waals surface area contributed by atoms with E-state index in [-0.39, 0.29) is 16.6 Å². The largest absolute Gasteiger partial charge is 0.507 e. The van der Waals surface area contributed by atoms with E-state index in [1.807, 2.05) is 36.4 Å². The van der Waals surface area contributed by atoms with Crippen molar-refractivity contribution in [2.75, 3.05) is 0 Å². The lowest BCUT2D eigenvalue weighted by Gasteiger charge is -2.27. The predicted molar refractivity (Wildman–Crippen MR) is 152 cm³/mol. The van der Waals surface area contributed by atoms with Gasteiger partial charge in [-0.25, -0.2) is 0 Å². The zero-order valence-corrected chi connectivity index (χ0v) is 23.4. The molecule has 0 fully saturated rings. The molecule has 196 valence electrons. The van der Waals surface area contributed by atoms with E-state index < -0.39 is 0 Å². The van der Waals surface area contributed by atoms with E-state index in [2.05, 4.69) is 70.8 Å². The molecule has 5 nitrogen and oxygen atoms in total. The number of rotatable bonds is 8. The van der Waals surface area contributed by atoms with Gasteiger partial charge in [0.1, 0.15) is 28.2 Å². The van der Waals surface area contributed by atoms with Crippen molar-refractivity contribution >= 4 is 11.0 Å². The van der Waals surface area contributed by atoms with Crippen LogP contribution >= 0.6 is 0 Å². The molecule has 0 amide bonds. The summed E-state index contributed by atoms with van der Waals surface area (Å²) in [6, 6.07) is 15.9. The normalized spacial score (nSPS) is 12.4. The molecule has 0 aliphatic carbocycles. The second-order valence-corrected chi connectivity index (χ2v) is 12.1. The summed E-state index contributed by atoms with van der Waals surface area (Å²) >= 11 is 0. The predicted octanol–water partition coefficient (Wildman–Crippen LogP) is 7.89. The number of nitrogens with zero attached hydrogens (tertiary/aromatic N) is 3. The number of aryl methyl sites for hydroxylation is 1. The van der Waals surface area contributed by atoms with E-state index in [0.29, 0.717) is 17.9 Å². The third-order valence-corrected chi connectivity index (χ3v) is 7.38. The van der Waals surface area contributed by atoms with Gasteiger partial charge < -0.3 is 10.2 Å². The third-order valence-electron chi connectivity index (χ3n) is 7.38. The van der Waals surface area contributed by atoms with Gasteiger partial charge in [0.15, 0.2) is 0 Å². The van der Waals surface area contributed by atoms with Crippen LogP contribution in [0.3, 0.4) is 0 Å². The molecule has 0 unspecified atom stereocenters. The average molecular weight is 500 g/mol. The summed E-state index contributed by atoms with van der Waals surface area (Å²) in [5.41, 5.74) is 6.55. The van der Waals surface area contributed by atoms with E-state index in [9.17, 15) is 10.2 Å². The lowest BCUT2D eigenvalue weighted by molar-refractivity contribution is 0.437. The van der Waals surface area contributed by atoms with E-state index in [0.717, 1.165) is 51.7 Å². The summed E-state index contributed by atoms with van der Waals surface area (Å²) in [5, 5.41) is 32.1. The molecule has 2 N–H and O–H groups in total. The van der Waals surface area contributed by atoms with Crippen molar-refractivity contribution in [2.45, 2.75) is 91.4 Å². The van der Waals surface area contributed by atoms with E-state index in [1.54, 1.807) is 4.80 Å². The Bertz CT molecular complexity index is 1380. The fraction of sp³-hybridized carbons (Fsp3) is 0.438. The average Bonchev–Trinajstić information content (AvgIpc) is 3.25. The molecule has 3 aromatic carbocycles. The molecular weight excluding hydrogens is 458 g/mol. The Morgan fingerprint density at radius 2 is 1.43 bits per heavy atom. The van der Waals surface area contributed by atoms with Gasteiger partial charge in [0, 0.05) is 12.0 Å². The molecule has 0 atom stereocenters. The first-order valence-corrected chi connectivity index (χ1v) is 13.4. The molecule has 4 aromatic rings. The van der Waals surface area contributed by atoms with Gasteiger partial charge in [0.2, 0.25) is 0 Å². The van der Waals surface area contributed by atoms with Crippen molar-refractivity contribution in [1.29, 1.82) is 0 Å². The highest BCUT2D eigenvalue weighted by atomic mass is 16.3. The van der Waals surface area contributed by atoms with Crippen LogP contribution in [0.1, 0.15) is 95.0 Å². The number of aromatic hydroxyl groups is 2. The molecule has 0 aliphatic rings. The minimum atomic E-state index is -0.194. The fourth-order valence-electron chi connectivity index (χ4n) is 5.05. The molecule has 37 heavy (non-hydrogen) atoms. The van der Waals surface area contributed by atoms with Crippen LogP contribution in [0.4, 0.5) is 0 Å². The molecule has 4 rings (SSSR count). The number of benzene rings is 3. The van der Waals surface area contributed by atoms with Crippen molar-refractivity contribution in [2.24, 2.45) is 0 Å². The molecule has 0 spiro atoms. The molecule has 5 heteroatoms. The maximum absolute atomic E-state index is 11.5. The van der Waals surface area contributed by atoms with E-state index in [4.69, 9.17) is 0 Å². The van der Waals surface area contributed by atoms with Crippen molar-refractivity contribution in [3.8, 4) is 17.2 Å². The van der Waals surface area contributed by atoms with Gasteiger partial charge >= 0.3 is 0 Å². The number of hydrogen-bond donors (Lipinski definition) is 2. The van der Waals surface area contributed by atoms with Gasteiger partial charge in [-0.15, -0.1) is 15.0 Å². The van der Waals surface area contributed by atoms with Gasteiger partial charge in [-0.05, 0) is 59.1 Å². The van der Waals surface area contributed by atoms with Crippen LogP contribution in [0.5, 0.6) is 11.5 Å². The van der Waals surface area contributed by atoms with Crippen LogP contribution < -0.4 is 0 Å². The van der Waals surface area contributed by atoms with Gasteiger partial charge in [-0.3, -0.25) is 0 Å². The Labute approximate surface area is 221 Å². The molecule has 1 aromatic heterocycles. The lowest BCUT2D eigenvalue weighted by Crippen LogP contribution is -2.18. The highest BCUT2D eigenvalue weighted by Crippen LogP contribution is 2.40. The molecule has 0 radical (unpaired) electrons. The zero-order chi connectivity index (χ0) is 27.0. The first kappa shape index (κ1) is 26.7. The van der Waals surface area contributed by atoms with Crippen LogP contribution in [0.15, 0.2) is 48.5 Å². The van der Waals surface area contributed by atoms with Crippen LogP contribution in [-0.4, -0.2) is 25.2 Å². The molecule has 0 aliphatic heterocycles. The first-order valence-electron chi connectivity index (χ1n) is 13.4. The summed E-state index contributed by atoms with van der Waals surface area (Å²) in [4.78, 5) is 1.55. The standard InChI is InChI=1S/C32H41N3O2/c1-8-9-12-15-32(6,7)24-19-23(18-22-16-21(2)17-25(29(22)36)31(3,4)5)30(37)28(20-24)35-33-26-13-10-11-14-27(26)34-35/h10-11,13-14,16-17,19-20,36-37H,8-9,12,15,18H2,1-7H3. The van der Waals surface area contributed by atoms with Crippen molar-refractivity contribution in [3.63, 3.8) is 0 Å². The lowest BCUT2D eigenvalue weighted by atomic mass is 9.78. The molecule has 0 bridgehead atoms. The quantitative estimate of drug-likeness (QED) is 0.242. The van der Waals surface area contributed by atoms with Gasteiger partial charge in [-0.1, -0.05) is 96.7 Å². The summed E-state index contributed by atoms with van der Waals surface area (Å²) in [5.74, 6) is 0.446. The number of aromatic nitrogens is 3. The minimum Gasteiger partial charge on any atom is -0.507 e. The molecule has 1 heterocycles. The van der Waals surface area contributed by atoms with Crippen molar-refractivity contribution in [3.05, 3.63) is 76.3 Å². The van der Waals surface area contributed by atoms with E-state index in [1.165, 1.54) is 12.8 Å². The SMILES string of the molecule is CCCCCC(C)(C)c1cc(Cc2cc(C)cc(C(C)(C)C)c2O)c(O)c(-n2nc3ccccc3n2)c1. The van der Waals surface area contributed by atoms with Crippen molar-refractivity contribution in [1.82, 2.24) is 15.0 Å². The maximum atomic E-state index is 11.5. The van der Waals surface area contributed by atoms with E-state index >= 15 is 0 Å². The Kier molecular flexibility index (Phi) is 7.36. The number of hydrogen-bond acceptors (Lipinski definition) is 4. The zero-order valence-electron chi connectivity index (χ0n) is 23.4. The van der Waals surface area contributed by atoms with Crippen molar-refractivity contribution < 1.29 is 10.2 Å². The van der Waals surface area contributed by atoms with Gasteiger partial charge in [-0.2, -0.15) is 0 Å². The Balaban J connectivity index is 1.87. The number of unbranched alkanes of at least 4 members (excludes halogenated alkanes) is 2. The molecule has 0 saturated carbocycles. The fourth-order valence-corrected chi connectivity index (χ4v) is 5.05. The highest BCUT2D eigenvalue weighted by molar-refractivity contribution is 5.74. The first-order chi connectivity index (χ1) is 17.4. The summed E-state index contributed by atoms with van der Waals surface area (Å²) in [6.45, 7) is 15.1. The number of fused-ring (bicyclic) bond motifs is 1. The Morgan fingerprint density at radius 3 is 2.03 bits per heavy atom. The van der Waals surface area contributed by atoms with Crippen LogP contribution in [0.25, 0.3) is 16.7 Å². The Hall–Kier alpha value is -3.34. The molecule has 0 saturated heterocycles.